The highest BCUT2D eigenvalue weighted by Gasteiger charge is 2.33. The molecule has 0 fully saturated rings. The Balaban J connectivity index is 2.05. The van der Waals surface area contributed by atoms with Gasteiger partial charge in [-0.3, -0.25) is 9.59 Å². The summed E-state index contributed by atoms with van der Waals surface area (Å²) in [5.74, 6) is -2.12. The van der Waals surface area contributed by atoms with Gasteiger partial charge in [-0.15, -0.1) is 0 Å². The molecule has 0 saturated heterocycles. The first-order valence-corrected chi connectivity index (χ1v) is 8.23. The van der Waals surface area contributed by atoms with Gasteiger partial charge in [-0.05, 0) is 17.7 Å². The topological polar surface area (TPSA) is 34.1 Å². The molecule has 0 aromatic heterocycles. The number of carbonyl (C=O) groups excluding carboxylic acids is 2. The van der Waals surface area contributed by atoms with Crippen LogP contribution in [-0.2, 0) is 6.18 Å². The van der Waals surface area contributed by atoms with Crippen molar-refractivity contribution in [3.8, 4) is 0 Å². The Labute approximate surface area is 154 Å². The zero-order valence-electron chi connectivity index (χ0n) is 14.1. The van der Waals surface area contributed by atoms with Gasteiger partial charge in [-0.25, -0.2) is 0 Å². The standard InChI is InChI=1S/C22H15F3O2/c23-22(24,25)18-13-11-15(12-14-18)19(20(26)16-7-3-1-4-8-16)21(27)17-9-5-2-6-10-17/h1-14,19H. The van der Waals surface area contributed by atoms with Crippen molar-refractivity contribution in [2.75, 3.05) is 0 Å². The number of hydrogen-bond donors (Lipinski definition) is 0. The fourth-order valence-corrected chi connectivity index (χ4v) is 2.82. The zero-order valence-corrected chi connectivity index (χ0v) is 14.1. The van der Waals surface area contributed by atoms with Crippen molar-refractivity contribution in [3.05, 3.63) is 107 Å². The van der Waals surface area contributed by atoms with E-state index in [-0.39, 0.29) is 5.56 Å². The van der Waals surface area contributed by atoms with Crippen LogP contribution in [0.2, 0.25) is 0 Å². The van der Waals surface area contributed by atoms with Crippen LogP contribution in [0.15, 0.2) is 84.9 Å². The third-order valence-electron chi connectivity index (χ3n) is 4.21. The third kappa shape index (κ3) is 4.14. The molecule has 0 spiro atoms. The normalized spacial score (nSPS) is 11.4. The quantitative estimate of drug-likeness (QED) is 0.437. The Bertz CT molecular complexity index is 879. The van der Waals surface area contributed by atoms with Gasteiger partial charge in [0.05, 0.1) is 5.56 Å². The third-order valence-corrected chi connectivity index (χ3v) is 4.21. The molecule has 0 bridgehead atoms. The lowest BCUT2D eigenvalue weighted by Gasteiger charge is -2.17. The van der Waals surface area contributed by atoms with Crippen LogP contribution < -0.4 is 0 Å². The van der Waals surface area contributed by atoms with Crippen LogP contribution in [0.3, 0.4) is 0 Å². The predicted molar refractivity (Wildman–Crippen MR) is 95.7 cm³/mol. The molecule has 2 nitrogen and oxygen atoms in total. The van der Waals surface area contributed by atoms with Crippen LogP contribution in [-0.4, -0.2) is 11.6 Å². The minimum Gasteiger partial charge on any atom is -0.293 e. The van der Waals surface area contributed by atoms with Gasteiger partial charge in [0.25, 0.3) is 0 Å². The van der Waals surface area contributed by atoms with Crippen LogP contribution in [0.4, 0.5) is 13.2 Å². The minimum atomic E-state index is -4.49. The first-order valence-electron chi connectivity index (χ1n) is 8.23. The number of ketones is 2. The Morgan fingerprint density at radius 2 is 1.04 bits per heavy atom. The summed E-state index contributed by atoms with van der Waals surface area (Å²) in [5.41, 5.74) is 0.0494. The van der Waals surface area contributed by atoms with Gasteiger partial charge in [0.2, 0.25) is 0 Å². The molecule has 3 rings (SSSR count). The van der Waals surface area contributed by atoms with Crippen LogP contribution in [0.25, 0.3) is 0 Å². The second-order valence-electron chi connectivity index (χ2n) is 6.01. The number of benzene rings is 3. The Kier molecular flexibility index (Phi) is 5.21. The second kappa shape index (κ2) is 7.58. The van der Waals surface area contributed by atoms with E-state index >= 15 is 0 Å². The fraction of sp³-hybridized carbons (Fsp3) is 0.0909. The molecule has 0 aliphatic heterocycles. The average molecular weight is 368 g/mol. The maximum atomic E-state index is 13.0. The molecule has 0 amide bonds. The highest BCUT2D eigenvalue weighted by molar-refractivity contribution is 6.20. The summed E-state index contributed by atoms with van der Waals surface area (Å²) in [7, 11) is 0. The lowest BCUT2D eigenvalue weighted by Crippen LogP contribution is -2.22. The molecule has 0 N–H and O–H groups in total. The van der Waals surface area contributed by atoms with Crippen molar-refractivity contribution >= 4 is 11.6 Å². The molecule has 0 radical (unpaired) electrons. The van der Waals surface area contributed by atoms with Crippen molar-refractivity contribution in [1.29, 1.82) is 0 Å². The molecule has 0 atom stereocenters. The highest BCUT2D eigenvalue weighted by atomic mass is 19.4. The monoisotopic (exact) mass is 368 g/mol. The van der Waals surface area contributed by atoms with Gasteiger partial charge in [0.1, 0.15) is 5.92 Å². The summed E-state index contributed by atoms with van der Waals surface area (Å²) in [6.45, 7) is 0. The van der Waals surface area contributed by atoms with Gasteiger partial charge in [-0.2, -0.15) is 13.2 Å². The summed E-state index contributed by atoms with van der Waals surface area (Å²) >= 11 is 0. The van der Waals surface area contributed by atoms with Crippen molar-refractivity contribution in [2.24, 2.45) is 0 Å². The molecule has 0 aliphatic carbocycles. The molecule has 3 aromatic carbocycles. The molecule has 3 aromatic rings. The van der Waals surface area contributed by atoms with Crippen molar-refractivity contribution in [2.45, 2.75) is 12.1 Å². The molecule has 5 heteroatoms. The smallest absolute Gasteiger partial charge is 0.293 e. The van der Waals surface area contributed by atoms with Crippen molar-refractivity contribution < 1.29 is 22.8 Å². The first kappa shape index (κ1) is 18.6. The Hall–Kier alpha value is -3.21. The molecular weight excluding hydrogens is 353 g/mol. The summed E-state index contributed by atoms with van der Waals surface area (Å²) in [4.78, 5) is 26.0. The SMILES string of the molecule is O=C(c1ccccc1)C(C(=O)c1ccccc1)c1ccc(C(F)(F)F)cc1. The van der Waals surface area contributed by atoms with E-state index in [1.54, 1.807) is 60.7 Å². The summed E-state index contributed by atoms with van der Waals surface area (Å²) < 4.78 is 38.5. The van der Waals surface area contributed by atoms with E-state index in [2.05, 4.69) is 0 Å². The van der Waals surface area contributed by atoms with Crippen molar-refractivity contribution in [3.63, 3.8) is 0 Å². The van der Waals surface area contributed by atoms with Gasteiger partial charge in [0, 0.05) is 11.1 Å². The van der Waals surface area contributed by atoms with E-state index in [0.29, 0.717) is 11.1 Å². The van der Waals surface area contributed by atoms with Crippen molar-refractivity contribution in [1.82, 2.24) is 0 Å². The number of carbonyl (C=O) groups is 2. The number of halogens is 3. The largest absolute Gasteiger partial charge is 0.416 e. The van der Waals surface area contributed by atoms with Gasteiger partial charge >= 0.3 is 6.18 Å². The van der Waals surface area contributed by atoms with Gasteiger partial charge < -0.3 is 0 Å². The van der Waals surface area contributed by atoms with E-state index in [1.165, 1.54) is 12.1 Å². The lowest BCUT2D eigenvalue weighted by molar-refractivity contribution is -0.137. The average Bonchev–Trinajstić information content (AvgIpc) is 2.69. The number of alkyl halides is 3. The zero-order chi connectivity index (χ0) is 19.4. The van der Waals surface area contributed by atoms with E-state index in [0.717, 1.165) is 12.1 Å². The maximum absolute atomic E-state index is 13.0. The van der Waals surface area contributed by atoms with E-state index in [9.17, 15) is 22.8 Å². The lowest BCUT2D eigenvalue weighted by atomic mass is 9.84. The molecular formula is C22H15F3O2. The molecule has 0 heterocycles. The summed E-state index contributed by atoms with van der Waals surface area (Å²) in [6.07, 6.45) is -4.49. The minimum absolute atomic E-state index is 0.228. The van der Waals surface area contributed by atoms with Crippen LogP contribution in [0.5, 0.6) is 0 Å². The van der Waals surface area contributed by atoms with E-state index in [4.69, 9.17) is 0 Å². The van der Waals surface area contributed by atoms with Crippen LogP contribution in [0, 0.1) is 0 Å². The highest BCUT2D eigenvalue weighted by Crippen LogP contribution is 2.32. The first-order chi connectivity index (χ1) is 12.9. The maximum Gasteiger partial charge on any atom is 0.416 e. The summed E-state index contributed by atoms with van der Waals surface area (Å²) in [6, 6.07) is 20.6. The summed E-state index contributed by atoms with van der Waals surface area (Å²) in [5, 5.41) is 0. The Morgan fingerprint density at radius 1 is 0.630 bits per heavy atom. The van der Waals surface area contributed by atoms with Crippen LogP contribution in [0.1, 0.15) is 37.8 Å². The molecule has 0 aliphatic rings. The van der Waals surface area contributed by atoms with E-state index in [1.807, 2.05) is 0 Å². The Morgan fingerprint density at radius 3 is 1.41 bits per heavy atom. The molecule has 27 heavy (non-hydrogen) atoms. The van der Waals surface area contributed by atoms with Gasteiger partial charge in [-0.1, -0.05) is 72.8 Å². The number of rotatable bonds is 5. The predicted octanol–water partition coefficient (Wildman–Crippen LogP) is 5.55. The van der Waals surface area contributed by atoms with Crippen LogP contribution >= 0.6 is 0 Å². The fourth-order valence-electron chi connectivity index (χ4n) is 2.82. The second-order valence-corrected chi connectivity index (χ2v) is 6.01. The van der Waals surface area contributed by atoms with Gasteiger partial charge in [0.15, 0.2) is 11.6 Å². The number of Topliss-reactive ketones (excluding diaryl/α,β-unsaturated/α-hetero) is 2. The molecule has 136 valence electrons. The number of hydrogen-bond acceptors (Lipinski definition) is 2. The molecule has 0 unspecified atom stereocenters. The molecule has 0 saturated carbocycles. The van der Waals surface area contributed by atoms with E-state index < -0.39 is 29.2 Å².